The fourth-order valence-electron chi connectivity index (χ4n) is 2.49. The van der Waals surface area contributed by atoms with Crippen LogP contribution in [0.1, 0.15) is 40.6 Å². The molecule has 0 saturated heterocycles. The molecular formula is C19H14N4O2. The summed E-state index contributed by atoms with van der Waals surface area (Å²) in [5, 5.41) is 15.7. The molecule has 25 heavy (non-hydrogen) atoms. The molecule has 0 aliphatic heterocycles. The lowest BCUT2D eigenvalue weighted by Gasteiger charge is -2.05. The lowest BCUT2D eigenvalue weighted by Crippen LogP contribution is -2.11. The number of hydrogen-bond donors (Lipinski definition) is 1. The molecule has 0 bridgehead atoms. The Kier molecular flexibility index (Phi) is 3.75. The van der Waals surface area contributed by atoms with E-state index >= 15 is 0 Å². The zero-order valence-electron chi connectivity index (χ0n) is 13.3. The Balaban J connectivity index is 1.48. The van der Waals surface area contributed by atoms with Crippen molar-refractivity contribution in [1.29, 1.82) is 5.26 Å². The fourth-order valence-corrected chi connectivity index (χ4v) is 2.49. The van der Waals surface area contributed by atoms with Crippen molar-refractivity contribution in [3.8, 4) is 17.5 Å². The second kappa shape index (κ2) is 6.21. The highest BCUT2D eigenvalue weighted by molar-refractivity contribution is 6.04. The molecular weight excluding hydrogens is 316 g/mol. The normalized spacial score (nSPS) is 13.2. The van der Waals surface area contributed by atoms with Crippen molar-refractivity contribution in [2.45, 2.75) is 18.8 Å². The summed E-state index contributed by atoms with van der Waals surface area (Å²) in [5.41, 5.74) is 2.40. The molecule has 1 heterocycles. The number of aromatic nitrogens is 2. The molecule has 1 aliphatic carbocycles. The maximum Gasteiger partial charge on any atom is 0.255 e. The SMILES string of the molecule is N#Cc1cccc(NC(=O)c2ccc(-c3noc(C4CC4)n3)cc2)c1. The van der Waals surface area contributed by atoms with E-state index < -0.39 is 0 Å². The number of nitrogens with zero attached hydrogens (tertiary/aromatic N) is 3. The van der Waals surface area contributed by atoms with Gasteiger partial charge in [-0.05, 0) is 43.2 Å². The Morgan fingerprint density at radius 2 is 2.00 bits per heavy atom. The van der Waals surface area contributed by atoms with Crippen molar-refractivity contribution in [3.63, 3.8) is 0 Å². The standard InChI is InChI=1S/C19H14N4O2/c20-11-12-2-1-3-16(10-12)21-18(24)14-6-4-13(5-7-14)17-22-19(25-23-17)15-8-9-15/h1-7,10,15H,8-9H2,(H,21,24). The van der Waals surface area contributed by atoms with Crippen LogP contribution < -0.4 is 5.32 Å². The molecule has 3 aromatic rings. The molecule has 0 unspecified atom stereocenters. The molecule has 0 spiro atoms. The van der Waals surface area contributed by atoms with Crippen molar-refractivity contribution in [2.75, 3.05) is 5.32 Å². The third-order valence-corrected chi connectivity index (χ3v) is 4.02. The first-order valence-electron chi connectivity index (χ1n) is 7.98. The van der Waals surface area contributed by atoms with Crippen LogP contribution in [0.15, 0.2) is 53.1 Å². The Morgan fingerprint density at radius 3 is 2.72 bits per heavy atom. The smallest absolute Gasteiger partial charge is 0.255 e. The predicted molar refractivity (Wildman–Crippen MR) is 90.8 cm³/mol. The van der Waals surface area contributed by atoms with Gasteiger partial charge in [0.25, 0.3) is 5.91 Å². The van der Waals surface area contributed by atoms with Crippen LogP contribution in [-0.2, 0) is 0 Å². The Morgan fingerprint density at radius 1 is 1.20 bits per heavy atom. The van der Waals surface area contributed by atoms with E-state index in [2.05, 4.69) is 15.5 Å². The summed E-state index contributed by atoms with van der Waals surface area (Å²) in [6.07, 6.45) is 2.21. The summed E-state index contributed by atoms with van der Waals surface area (Å²) >= 11 is 0. The van der Waals surface area contributed by atoms with E-state index in [1.165, 1.54) is 0 Å². The average Bonchev–Trinajstić information content (AvgIpc) is 3.39. The van der Waals surface area contributed by atoms with Gasteiger partial charge in [-0.3, -0.25) is 4.79 Å². The minimum atomic E-state index is -0.242. The first-order chi connectivity index (χ1) is 12.2. The van der Waals surface area contributed by atoms with Gasteiger partial charge in [-0.25, -0.2) is 0 Å². The number of nitrogens with one attached hydrogen (secondary N) is 1. The van der Waals surface area contributed by atoms with Gasteiger partial charge in [-0.15, -0.1) is 0 Å². The number of carbonyl (C=O) groups excluding carboxylic acids is 1. The van der Waals surface area contributed by atoms with E-state index in [9.17, 15) is 4.79 Å². The molecule has 0 atom stereocenters. The number of anilines is 1. The quantitative estimate of drug-likeness (QED) is 0.786. The van der Waals surface area contributed by atoms with Crippen LogP contribution in [0.2, 0.25) is 0 Å². The Bertz CT molecular complexity index is 966. The van der Waals surface area contributed by atoms with E-state index in [4.69, 9.17) is 9.78 Å². The molecule has 4 rings (SSSR count). The minimum absolute atomic E-state index is 0.242. The molecule has 1 N–H and O–H groups in total. The molecule has 0 radical (unpaired) electrons. The molecule has 122 valence electrons. The van der Waals surface area contributed by atoms with Gasteiger partial charge in [0.05, 0.1) is 11.6 Å². The van der Waals surface area contributed by atoms with Crippen LogP contribution in [0.4, 0.5) is 5.69 Å². The molecule has 1 aliphatic rings. The van der Waals surface area contributed by atoms with Crippen molar-refractivity contribution in [3.05, 3.63) is 65.5 Å². The maximum atomic E-state index is 12.3. The average molecular weight is 330 g/mol. The summed E-state index contributed by atoms with van der Waals surface area (Å²) in [6, 6.07) is 15.8. The number of hydrogen-bond acceptors (Lipinski definition) is 5. The van der Waals surface area contributed by atoms with E-state index in [0.717, 1.165) is 18.4 Å². The van der Waals surface area contributed by atoms with Crippen LogP contribution >= 0.6 is 0 Å². The lowest BCUT2D eigenvalue weighted by molar-refractivity contribution is 0.102. The van der Waals surface area contributed by atoms with E-state index in [1.54, 1.807) is 48.5 Å². The number of nitriles is 1. The summed E-state index contributed by atoms with van der Waals surface area (Å²) in [4.78, 5) is 16.7. The number of benzene rings is 2. The fraction of sp³-hybridized carbons (Fsp3) is 0.158. The van der Waals surface area contributed by atoms with Gasteiger partial charge >= 0.3 is 0 Å². The van der Waals surface area contributed by atoms with Crippen molar-refractivity contribution in [2.24, 2.45) is 0 Å². The van der Waals surface area contributed by atoms with Crippen molar-refractivity contribution < 1.29 is 9.32 Å². The molecule has 6 heteroatoms. The van der Waals surface area contributed by atoms with Gasteiger partial charge in [-0.2, -0.15) is 10.2 Å². The van der Waals surface area contributed by atoms with Crippen LogP contribution in [0.5, 0.6) is 0 Å². The molecule has 2 aromatic carbocycles. The van der Waals surface area contributed by atoms with E-state index in [1.807, 2.05) is 6.07 Å². The summed E-state index contributed by atoms with van der Waals surface area (Å²) in [7, 11) is 0. The number of rotatable bonds is 4. The maximum absolute atomic E-state index is 12.3. The highest BCUT2D eigenvalue weighted by atomic mass is 16.5. The zero-order chi connectivity index (χ0) is 17.2. The Hall–Kier alpha value is -3.46. The van der Waals surface area contributed by atoms with Crippen molar-refractivity contribution >= 4 is 11.6 Å². The number of carbonyl (C=O) groups is 1. The van der Waals surface area contributed by atoms with Gasteiger partial charge in [0, 0.05) is 22.7 Å². The second-order valence-electron chi connectivity index (χ2n) is 5.95. The van der Waals surface area contributed by atoms with Gasteiger partial charge in [0.15, 0.2) is 0 Å². The van der Waals surface area contributed by atoms with Crippen LogP contribution in [0.25, 0.3) is 11.4 Å². The molecule has 6 nitrogen and oxygen atoms in total. The van der Waals surface area contributed by atoms with Crippen LogP contribution in [0, 0.1) is 11.3 Å². The monoisotopic (exact) mass is 330 g/mol. The third kappa shape index (κ3) is 3.26. The first kappa shape index (κ1) is 15.1. The van der Waals surface area contributed by atoms with Gasteiger partial charge in [-0.1, -0.05) is 23.4 Å². The van der Waals surface area contributed by atoms with Crippen molar-refractivity contribution in [1.82, 2.24) is 10.1 Å². The minimum Gasteiger partial charge on any atom is -0.339 e. The highest BCUT2D eigenvalue weighted by Gasteiger charge is 2.29. The Labute approximate surface area is 144 Å². The largest absolute Gasteiger partial charge is 0.339 e. The van der Waals surface area contributed by atoms with Gasteiger partial charge in [0.2, 0.25) is 11.7 Å². The molecule has 1 aromatic heterocycles. The van der Waals surface area contributed by atoms with E-state index in [0.29, 0.717) is 34.4 Å². The highest BCUT2D eigenvalue weighted by Crippen LogP contribution is 2.39. The first-order valence-corrected chi connectivity index (χ1v) is 7.98. The van der Waals surface area contributed by atoms with E-state index in [-0.39, 0.29) is 5.91 Å². The number of amides is 1. The zero-order valence-corrected chi connectivity index (χ0v) is 13.3. The third-order valence-electron chi connectivity index (χ3n) is 4.02. The second-order valence-corrected chi connectivity index (χ2v) is 5.95. The van der Waals surface area contributed by atoms with Gasteiger partial charge < -0.3 is 9.84 Å². The van der Waals surface area contributed by atoms with Crippen LogP contribution in [-0.4, -0.2) is 16.0 Å². The summed E-state index contributed by atoms with van der Waals surface area (Å²) in [5.74, 6) is 1.40. The summed E-state index contributed by atoms with van der Waals surface area (Å²) < 4.78 is 5.25. The lowest BCUT2D eigenvalue weighted by atomic mass is 10.1. The van der Waals surface area contributed by atoms with Crippen LogP contribution in [0.3, 0.4) is 0 Å². The topological polar surface area (TPSA) is 91.8 Å². The molecule has 1 saturated carbocycles. The summed E-state index contributed by atoms with van der Waals surface area (Å²) in [6.45, 7) is 0. The molecule has 1 amide bonds. The predicted octanol–water partition coefficient (Wildman–Crippen LogP) is 3.74. The van der Waals surface area contributed by atoms with Gasteiger partial charge in [0.1, 0.15) is 0 Å². The molecule has 1 fully saturated rings.